The molecule has 0 atom stereocenters. The molecular weight excluding hydrogens is 126 g/mol. The SMILES string of the molecule is Cc1cncn1C=CCN. The molecule has 0 aromatic carbocycles. The zero-order valence-electron chi connectivity index (χ0n) is 5.99. The van der Waals surface area contributed by atoms with Gasteiger partial charge in [-0.25, -0.2) is 4.98 Å². The van der Waals surface area contributed by atoms with Crippen LogP contribution < -0.4 is 5.73 Å². The zero-order valence-corrected chi connectivity index (χ0v) is 5.99. The van der Waals surface area contributed by atoms with Gasteiger partial charge in [0.2, 0.25) is 0 Å². The average molecular weight is 137 g/mol. The number of hydrogen-bond donors (Lipinski definition) is 1. The summed E-state index contributed by atoms with van der Waals surface area (Å²) >= 11 is 0. The largest absolute Gasteiger partial charge is 0.327 e. The number of rotatable bonds is 2. The third-order valence-electron chi connectivity index (χ3n) is 1.26. The number of nitrogens with two attached hydrogens (primary N) is 1. The van der Waals surface area contributed by atoms with Crippen molar-refractivity contribution in [3.8, 4) is 0 Å². The van der Waals surface area contributed by atoms with E-state index in [1.54, 1.807) is 12.5 Å². The molecule has 3 nitrogen and oxygen atoms in total. The Morgan fingerprint density at radius 3 is 3.10 bits per heavy atom. The molecule has 1 heterocycles. The second-order valence-electron chi connectivity index (χ2n) is 2.06. The minimum absolute atomic E-state index is 0.567. The quantitative estimate of drug-likeness (QED) is 0.649. The normalized spacial score (nSPS) is 11.0. The van der Waals surface area contributed by atoms with Gasteiger partial charge in [-0.2, -0.15) is 0 Å². The average Bonchev–Trinajstić information content (AvgIpc) is 2.31. The molecular formula is C7H11N3. The molecule has 1 rings (SSSR count). The minimum Gasteiger partial charge on any atom is -0.327 e. The van der Waals surface area contributed by atoms with E-state index in [0.29, 0.717) is 6.54 Å². The van der Waals surface area contributed by atoms with E-state index in [0.717, 1.165) is 5.69 Å². The van der Waals surface area contributed by atoms with Crippen LogP contribution in [0.15, 0.2) is 18.6 Å². The molecule has 0 saturated heterocycles. The fourth-order valence-corrected chi connectivity index (χ4v) is 0.701. The Morgan fingerprint density at radius 1 is 1.80 bits per heavy atom. The van der Waals surface area contributed by atoms with Gasteiger partial charge in [0.25, 0.3) is 0 Å². The van der Waals surface area contributed by atoms with Crippen LogP contribution in [0.1, 0.15) is 5.69 Å². The molecule has 1 aromatic rings. The fourth-order valence-electron chi connectivity index (χ4n) is 0.701. The molecule has 10 heavy (non-hydrogen) atoms. The number of hydrogen-bond acceptors (Lipinski definition) is 2. The number of aryl methyl sites for hydroxylation is 1. The summed E-state index contributed by atoms with van der Waals surface area (Å²) in [5, 5.41) is 0. The predicted molar refractivity (Wildman–Crippen MR) is 41.3 cm³/mol. The number of aromatic nitrogens is 2. The van der Waals surface area contributed by atoms with Crippen molar-refractivity contribution in [1.29, 1.82) is 0 Å². The van der Waals surface area contributed by atoms with E-state index in [1.807, 2.05) is 23.8 Å². The van der Waals surface area contributed by atoms with Gasteiger partial charge in [-0.3, -0.25) is 0 Å². The van der Waals surface area contributed by atoms with Gasteiger partial charge in [-0.1, -0.05) is 6.08 Å². The molecule has 0 saturated carbocycles. The summed E-state index contributed by atoms with van der Waals surface area (Å²) in [4.78, 5) is 3.95. The van der Waals surface area contributed by atoms with Gasteiger partial charge >= 0.3 is 0 Å². The van der Waals surface area contributed by atoms with E-state index in [4.69, 9.17) is 5.73 Å². The first-order chi connectivity index (χ1) is 4.84. The number of nitrogens with zero attached hydrogens (tertiary/aromatic N) is 2. The lowest BCUT2D eigenvalue weighted by Crippen LogP contribution is -1.94. The van der Waals surface area contributed by atoms with Crippen LogP contribution in [0.25, 0.3) is 6.20 Å². The van der Waals surface area contributed by atoms with Crippen molar-refractivity contribution < 1.29 is 0 Å². The van der Waals surface area contributed by atoms with Crippen LogP contribution in [0.4, 0.5) is 0 Å². The first-order valence-electron chi connectivity index (χ1n) is 3.19. The van der Waals surface area contributed by atoms with Crippen molar-refractivity contribution in [3.63, 3.8) is 0 Å². The molecule has 0 fully saturated rings. The molecule has 0 aliphatic rings. The molecule has 3 heteroatoms. The van der Waals surface area contributed by atoms with Gasteiger partial charge in [0.1, 0.15) is 0 Å². The van der Waals surface area contributed by atoms with Gasteiger partial charge in [0.15, 0.2) is 0 Å². The van der Waals surface area contributed by atoms with Crippen LogP contribution in [-0.2, 0) is 0 Å². The van der Waals surface area contributed by atoms with Crippen molar-refractivity contribution in [2.75, 3.05) is 6.54 Å². The highest BCUT2D eigenvalue weighted by Gasteiger charge is 1.87. The molecule has 54 valence electrons. The third-order valence-corrected chi connectivity index (χ3v) is 1.26. The summed E-state index contributed by atoms with van der Waals surface area (Å²) in [5.74, 6) is 0. The maximum atomic E-state index is 5.27. The van der Waals surface area contributed by atoms with Crippen molar-refractivity contribution in [1.82, 2.24) is 9.55 Å². The lowest BCUT2D eigenvalue weighted by Gasteiger charge is -1.93. The Labute approximate surface area is 60.2 Å². The predicted octanol–water partition coefficient (Wildman–Crippen LogP) is 0.621. The lowest BCUT2D eigenvalue weighted by atomic mass is 10.5. The monoisotopic (exact) mass is 137 g/mol. The van der Waals surface area contributed by atoms with E-state index >= 15 is 0 Å². The molecule has 0 radical (unpaired) electrons. The Hall–Kier alpha value is -1.09. The van der Waals surface area contributed by atoms with Crippen LogP contribution in [0, 0.1) is 6.92 Å². The smallest absolute Gasteiger partial charge is 0.0989 e. The molecule has 2 N–H and O–H groups in total. The lowest BCUT2D eigenvalue weighted by molar-refractivity contribution is 1.07. The van der Waals surface area contributed by atoms with Crippen molar-refractivity contribution >= 4 is 6.20 Å². The molecule has 0 unspecified atom stereocenters. The fraction of sp³-hybridized carbons (Fsp3) is 0.286. The van der Waals surface area contributed by atoms with Crippen LogP contribution in [0.2, 0.25) is 0 Å². The van der Waals surface area contributed by atoms with Gasteiger partial charge in [-0.15, -0.1) is 0 Å². The van der Waals surface area contributed by atoms with Crippen LogP contribution >= 0.6 is 0 Å². The highest BCUT2D eigenvalue weighted by atomic mass is 15.0. The first kappa shape index (κ1) is 7.02. The Kier molecular flexibility index (Phi) is 2.23. The molecule has 0 bridgehead atoms. The standard InChI is InChI=1S/C7H11N3/c1-7-5-9-6-10(7)4-2-3-8/h2,4-6H,3,8H2,1H3. The molecule has 0 amide bonds. The maximum absolute atomic E-state index is 5.27. The summed E-state index contributed by atoms with van der Waals surface area (Å²) in [5.41, 5.74) is 6.39. The highest BCUT2D eigenvalue weighted by Crippen LogP contribution is 1.95. The molecule has 1 aromatic heterocycles. The Bertz CT molecular complexity index is 225. The second kappa shape index (κ2) is 3.17. The summed E-state index contributed by atoms with van der Waals surface area (Å²) in [6.07, 6.45) is 7.35. The molecule has 0 aliphatic heterocycles. The molecule has 0 spiro atoms. The number of imidazole rings is 1. The summed E-state index contributed by atoms with van der Waals surface area (Å²) < 4.78 is 1.92. The summed E-state index contributed by atoms with van der Waals surface area (Å²) in [7, 11) is 0. The third kappa shape index (κ3) is 1.45. The van der Waals surface area contributed by atoms with E-state index in [1.165, 1.54) is 0 Å². The van der Waals surface area contributed by atoms with Crippen LogP contribution in [0.3, 0.4) is 0 Å². The van der Waals surface area contributed by atoms with E-state index in [2.05, 4.69) is 4.98 Å². The van der Waals surface area contributed by atoms with Crippen molar-refractivity contribution in [2.45, 2.75) is 6.92 Å². The summed E-state index contributed by atoms with van der Waals surface area (Å²) in [6.45, 7) is 2.56. The van der Waals surface area contributed by atoms with Gasteiger partial charge in [0, 0.05) is 24.6 Å². The maximum Gasteiger partial charge on any atom is 0.0989 e. The molecule has 0 aliphatic carbocycles. The van der Waals surface area contributed by atoms with Crippen LogP contribution in [-0.4, -0.2) is 16.1 Å². The van der Waals surface area contributed by atoms with Crippen molar-refractivity contribution in [3.05, 3.63) is 24.3 Å². The second-order valence-corrected chi connectivity index (χ2v) is 2.06. The topological polar surface area (TPSA) is 43.8 Å². The van der Waals surface area contributed by atoms with Gasteiger partial charge in [0.05, 0.1) is 6.33 Å². The van der Waals surface area contributed by atoms with Gasteiger partial charge < -0.3 is 10.3 Å². The van der Waals surface area contributed by atoms with Gasteiger partial charge in [-0.05, 0) is 6.92 Å². The van der Waals surface area contributed by atoms with E-state index in [9.17, 15) is 0 Å². The zero-order chi connectivity index (χ0) is 7.40. The first-order valence-corrected chi connectivity index (χ1v) is 3.19. The minimum atomic E-state index is 0.567. The van der Waals surface area contributed by atoms with E-state index in [-0.39, 0.29) is 0 Å². The highest BCUT2D eigenvalue weighted by molar-refractivity contribution is 5.25. The summed E-state index contributed by atoms with van der Waals surface area (Å²) in [6, 6.07) is 0. The Morgan fingerprint density at radius 2 is 2.60 bits per heavy atom. The van der Waals surface area contributed by atoms with E-state index < -0.39 is 0 Å². The Balaban J connectivity index is 2.74. The van der Waals surface area contributed by atoms with Crippen molar-refractivity contribution in [2.24, 2.45) is 5.73 Å². The van der Waals surface area contributed by atoms with Crippen LogP contribution in [0.5, 0.6) is 0 Å².